The molecular formula is C18H20FNOS. The summed E-state index contributed by atoms with van der Waals surface area (Å²) in [6.45, 7) is 0. The van der Waals surface area contributed by atoms with E-state index in [1.807, 2.05) is 0 Å². The zero-order valence-corrected chi connectivity index (χ0v) is 13.3. The molecule has 1 aliphatic carbocycles. The molecule has 22 heavy (non-hydrogen) atoms. The summed E-state index contributed by atoms with van der Waals surface area (Å²) < 4.78 is 13.0. The SMILES string of the molecule is NC(=O)c1c(CCc2ccc(F)cc2)sc2c1CCCCC2. The molecule has 0 spiro atoms. The minimum atomic E-state index is -0.298. The van der Waals surface area contributed by atoms with Gasteiger partial charge in [0.25, 0.3) is 0 Å². The van der Waals surface area contributed by atoms with Crippen molar-refractivity contribution < 1.29 is 9.18 Å². The molecule has 2 N–H and O–H groups in total. The van der Waals surface area contributed by atoms with E-state index in [4.69, 9.17) is 5.73 Å². The van der Waals surface area contributed by atoms with E-state index in [2.05, 4.69) is 0 Å². The predicted molar refractivity (Wildman–Crippen MR) is 87.9 cm³/mol. The van der Waals surface area contributed by atoms with E-state index in [0.29, 0.717) is 0 Å². The van der Waals surface area contributed by atoms with E-state index in [9.17, 15) is 9.18 Å². The molecule has 1 heterocycles. The number of benzene rings is 1. The van der Waals surface area contributed by atoms with Gasteiger partial charge in [-0.3, -0.25) is 4.79 Å². The normalized spacial score (nSPS) is 14.4. The molecule has 0 radical (unpaired) electrons. The van der Waals surface area contributed by atoms with Crippen molar-refractivity contribution in [2.75, 3.05) is 0 Å². The Balaban J connectivity index is 1.83. The number of halogens is 1. The standard InChI is InChI=1S/C18H20FNOS/c19-13-9-6-12(7-10-13)8-11-16-17(18(20)21)14-4-2-1-3-5-15(14)22-16/h6-7,9-10H,1-5,8,11H2,(H2,20,21). The largest absolute Gasteiger partial charge is 0.366 e. The summed E-state index contributed by atoms with van der Waals surface area (Å²) in [5.74, 6) is -0.516. The van der Waals surface area contributed by atoms with E-state index in [0.717, 1.165) is 48.1 Å². The summed E-state index contributed by atoms with van der Waals surface area (Å²) in [5, 5.41) is 0. The predicted octanol–water partition coefficient (Wildman–Crippen LogP) is 4.04. The number of aryl methyl sites for hydroxylation is 3. The first-order chi connectivity index (χ1) is 10.6. The molecule has 4 heteroatoms. The number of hydrogen-bond acceptors (Lipinski definition) is 2. The third kappa shape index (κ3) is 3.22. The van der Waals surface area contributed by atoms with Crippen molar-refractivity contribution in [3.8, 4) is 0 Å². The van der Waals surface area contributed by atoms with Crippen LogP contribution in [0.3, 0.4) is 0 Å². The molecular weight excluding hydrogens is 297 g/mol. The first-order valence-electron chi connectivity index (χ1n) is 7.83. The molecule has 0 bridgehead atoms. The lowest BCUT2D eigenvalue weighted by molar-refractivity contribution is 0.0999. The molecule has 0 saturated carbocycles. The summed E-state index contributed by atoms with van der Waals surface area (Å²) in [4.78, 5) is 14.4. The van der Waals surface area contributed by atoms with Crippen LogP contribution in [-0.4, -0.2) is 5.91 Å². The van der Waals surface area contributed by atoms with Crippen molar-refractivity contribution in [1.29, 1.82) is 0 Å². The second-order valence-corrected chi connectivity index (χ2v) is 7.04. The minimum absolute atomic E-state index is 0.218. The van der Waals surface area contributed by atoms with Gasteiger partial charge in [0, 0.05) is 9.75 Å². The number of fused-ring (bicyclic) bond motifs is 1. The second-order valence-electron chi connectivity index (χ2n) is 5.85. The fourth-order valence-corrected chi connectivity index (χ4v) is 4.57. The van der Waals surface area contributed by atoms with Crippen LogP contribution in [0.1, 0.15) is 50.5 Å². The summed E-state index contributed by atoms with van der Waals surface area (Å²) in [5.41, 5.74) is 8.69. The highest BCUT2D eigenvalue weighted by molar-refractivity contribution is 7.12. The summed E-state index contributed by atoms with van der Waals surface area (Å²) in [6, 6.07) is 6.57. The first-order valence-corrected chi connectivity index (χ1v) is 8.64. The zero-order chi connectivity index (χ0) is 15.5. The van der Waals surface area contributed by atoms with Gasteiger partial charge in [-0.25, -0.2) is 4.39 Å². The van der Waals surface area contributed by atoms with Crippen LogP contribution in [0.5, 0.6) is 0 Å². The second kappa shape index (κ2) is 6.61. The highest BCUT2D eigenvalue weighted by atomic mass is 32.1. The average molecular weight is 317 g/mol. The Labute approximate surface area is 134 Å². The quantitative estimate of drug-likeness (QED) is 0.850. The van der Waals surface area contributed by atoms with Gasteiger partial charge in [-0.1, -0.05) is 18.6 Å². The summed E-state index contributed by atoms with van der Waals surface area (Å²) in [6.07, 6.45) is 7.20. The maximum atomic E-state index is 13.0. The number of carbonyl (C=O) groups is 1. The van der Waals surface area contributed by atoms with Gasteiger partial charge >= 0.3 is 0 Å². The van der Waals surface area contributed by atoms with Crippen LogP contribution in [0.25, 0.3) is 0 Å². The number of nitrogens with two attached hydrogens (primary N) is 1. The molecule has 0 aliphatic heterocycles. The molecule has 1 amide bonds. The molecule has 1 aliphatic rings. The monoisotopic (exact) mass is 317 g/mol. The molecule has 2 nitrogen and oxygen atoms in total. The van der Waals surface area contributed by atoms with E-state index >= 15 is 0 Å². The van der Waals surface area contributed by atoms with E-state index in [1.165, 1.54) is 35.4 Å². The fourth-order valence-electron chi connectivity index (χ4n) is 3.17. The van der Waals surface area contributed by atoms with Crippen molar-refractivity contribution in [2.45, 2.75) is 44.9 Å². The van der Waals surface area contributed by atoms with Gasteiger partial charge in [0.1, 0.15) is 5.82 Å². The number of amides is 1. The Morgan fingerprint density at radius 1 is 1.09 bits per heavy atom. The van der Waals surface area contributed by atoms with E-state index in [-0.39, 0.29) is 11.7 Å². The van der Waals surface area contributed by atoms with Crippen molar-refractivity contribution in [3.05, 3.63) is 56.5 Å². The van der Waals surface area contributed by atoms with Crippen LogP contribution in [0, 0.1) is 5.82 Å². The zero-order valence-electron chi connectivity index (χ0n) is 12.5. The maximum absolute atomic E-state index is 13.0. The van der Waals surface area contributed by atoms with Crippen LogP contribution in [-0.2, 0) is 25.7 Å². The fraction of sp³-hybridized carbons (Fsp3) is 0.389. The smallest absolute Gasteiger partial charge is 0.250 e. The lowest BCUT2D eigenvalue weighted by atomic mass is 10.0. The molecule has 1 aromatic carbocycles. The minimum Gasteiger partial charge on any atom is -0.366 e. The van der Waals surface area contributed by atoms with Crippen LogP contribution in [0.4, 0.5) is 4.39 Å². The van der Waals surface area contributed by atoms with Crippen molar-refractivity contribution in [3.63, 3.8) is 0 Å². The van der Waals surface area contributed by atoms with Gasteiger partial charge < -0.3 is 5.73 Å². The molecule has 0 saturated heterocycles. The number of thiophene rings is 1. The Morgan fingerprint density at radius 2 is 1.82 bits per heavy atom. The summed E-state index contributed by atoms with van der Waals surface area (Å²) >= 11 is 1.75. The van der Waals surface area contributed by atoms with Crippen LogP contribution < -0.4 is 5.73 Å². The lowest BCUT2D eigenvalue weighted by Gasteiger charge is -2.04. The molecule has 0 unspecified atom stereocenters. The molecule has 3 rings (SSSR count). The molecule has 116 valence electrons. The third-order valence-corrected chi connectivity index (χ3v) is 5.65. The van der Waals surface area contributed by atoms with E-state index < -0.39 is 0 Å². The van der Waals surface area contributed by atoms with Gasteiger partial charge in [0.2, 0.25) is 5.91 Å². The Kier molecular flexibility index (Phi) is 4.57. The van der Waals surface area contributed by atoms with Crippen molar-refractivity contribution in [1.82, 2.24) is 0 Å². The maximum Gasteiger partial charge on any atom is 0.250 e. The van der Waals surface area contributed by atoms with Gasteiger partial charge in [-0.2, -0.15) is 0 Å². The topological polar surface area (TPSA) is 43.1 Å². The molecule has 0 atom stereocenters. The van der Waals surface area contributed by atoms with E-state index in [1.54, 1.807) is 23.5 Å². The van der Waals surface area contributed by atoms with Crippen LogP contribution >= 0.6 is 11.3 Å². The van der Waals surface area contributed by atoms with Gasteiger partial charge in [-0.15, -0.1) is 11.3 Å². The van der Waals surface area contributed by atoms with Crippen LogP contribution in [0.2, 0.25) is 0 Å². The summed E-state index contributed by atoms with van der Waals surface area (Å²) in [7, 11) is 0. The number of carbonyl (C=O) groups excluding carboxylic acids is 1. The number of rotatable bonds is 4. The van der Waals surface area contributed by atoms with Crippen LogP contribution in [0.15, 0.2) is 24.3 Å². The van der Waals surface area contributed by atoms with Gasteiger partial charge in [0.15, 0.2) is 0 Å². The molecule has 2 aromatic rings. The van der Waals surface area contributed by atoms with Gasteiger partial charge in [0.05, 0.1) is 5.56 Å². The third-order valence-electron chi connectivity index (χ3n) is 4.29. The highest BCUT2D eigenvalue weighted by Crippen LogP contribution is 2.34. The van der Waals surface area contributed by atoms with Gasteiger partial charge in [-0.05, 0) is 61.8 Å². The average Bonchev–Trinajstić information content (AvgIpc) is 2.69. The number of hydrogen-bond donors (Lipinski definition) is 1. The lowest BCUT2D eigenvalue weighted by Crippen LogP contribution is -2.15. The Bertz CT molecular complexity index is 675. The molecule has 1 aromatic heterocycles. The molecule has 0 fully saturated rings. The first kappa shape index (κ1) is 15.2. The highest BCUT2D eigenvalue weighted by Gasteiger charge is 2.22. The number of primary amides is 1. The van der Waals surface area contributed by atoms with Crippen molar-refractivity contribution in [2.24, 2.45) is 5.73 Å². The van der Waals surface area contributed by atoms with Crippen molar-refractivity contribution >= 4 is 17.2 Å². The Morgan fingerprint density at radius 3 is 2.55 bits per heavy atom. The Hall–Kier alpha value is -1.68.